The second-order valence-electron chi connectivity index (χ2n) is 2.63. The smallest absolute Gasteiger partial charge is 0.329 e. The second kappa shape index (κ2) is 2.56. The maximum Gasteiger partial charge on any atom is 0.329 e. The Kier molecular flexibility index (Phi) is 1.92. The minimum atomic E-state index is -0.937. The van der Waals surface area contributed by atoms with Crippen LogP contribution in [0.5, 0.6) is 0 Å². The number of hydrogen-bond donors (Lipinski definition) is 1. The van der Waals surface area contributed by atoms with Gasteiger partial charge in [-0.2, -0.15) is 0 Å². The maximum absolute atomic E-state index is 10.0. The lowest BCUT2D eigenvalue weighted by Gasteiger charge is -2.37. The van der Waals surface area contributed by atoms with Gasteiger partial charge in [0.1, 0.15) is 12.2 Å². The first-order chi connectivity index (χ1) is 4.62. The predicted molar refractivity (Wildman–Crippen MR) is 32.8 cm³/mol. The molecule has 1 heterocycles. The molecular weight excluding hydrogens is 136 g/mol. The normalized spacial score (nSPS) is 21.7. The molecule has 0 aliphatic carbocycles. The molecule has 4 nitrogen and oxygen atoms in total. The zero-order valence-electron chi connectivity index (χ0n) is 5.79. The Labute approximate surface area is 58.7 Å². The Morgan fingerprint density at radius 1 is 1.80 bits per heavy atom. The van der Waals surface area contributed by atoms with Gasteiger partial charge in [0.25, 0.3) is 0 Å². The number of hydrogen-bond acceptors (Lipinski definition) is 3. The Bertz CT molecular complexity index is 139. The van der Waals surface area contributed by atoms with Crippen molar-refractivity contribution in [3.63, 3.8) is 0 Å². The Morgan fingerprint density at radius 2 is 2.40 bits per heavy atom. The van der Waals surface area contributed by atoms with Crippen LogP contribution >= 0.6 is 0 Å². The van der Waals surface area contributed by atoms with Crippen molar-refractivity contribution in [3.05, 3.63) is 0 Å². The van der Waals surface area contributed by atoms with Gasteiger partial charge in [0.05, 0.1) is 13.2 Å². The molecule has 0 unspecified atom stereocenters. The topological polar surface area (TPSA) is 55.8 Å². The predicted octanol–water partition coefficient (Wildman–Crippen LogP) is -0.124. The molecule has 0 aromatic rings. The molecular formula is C6H10O4. The third-order valence-electron chi connectivity index (χ3n) is 1.36. The van der Waals surface area contributed by atoms with Gasteiger partial charge in [-0.15, -0.1) is 0 Å². The van der Waals surface area contributed by atoms with Crippen molar-refractivity contribution in [2.24, 2.45) is 0 Å². The molecule has 58 valence electrons. The van der Waals surface area contributed by atoms with Crippen LogP contribution in [0.25, 0.3) is 0 Å². The number of aliphatic carboxylic acids is 1. The fourth-order valence-corrected chi connectivity index (χ4v) is 0.709. The van der Waals surface area contributed by atoms with Crippen molar-refractivity contribution in [3.8, 4) is 0 Å². The van der Waals surface area contributed by atoms with E-state index in [1.165, 1.54) is 0 Å². The molecule has 0 aromatic heterocycles. The first-order valence-corrected chi connectivity index (χ1v) is 3.06. The molecule has 4 heteroatoms. The molecule has 1 N–H and O–H groups in total. The summed E-state index contributed by atoms with van der Waals surface area (Å²) in [4.78, 5) is 10.0. The van der Waals surface area contributed by atoms with Gasteiger partial charge in [0, 0.05) is 0 Å². The summed E-state index contributed by atoms with van der Waals surface area (Å²) in [5, 5.41) is 8.23. The van der Waals surface area contributed by atoms with Gasteiger partial charge in [0.15, 0.2) is 0 Å². The molecule has 0 spiro atoms. The largest absolute Gasteiger partial charge is 0.480 e. The van der Waals surface area contributed by atoms with E-state index in [1.807, 2.05) is 6.92 Å². The molecule has 1 rings (SSSR count). The fourth-order valence-electron chi connectivity index (χ4n) is 0.709. The van der Waals surface area contributed by atoms with Crippen LogP contribution in [0.1, 0.15) is 6.92 Å². The van der Waals surface area contributed by atoms with Gasteiger partial charge >= 0.3 is 5.97 Å². The average molecular weight is 146 g/mol. The lowest BCUT2D eigenvalue weighted by atomic mass is 10.1. The minimum Gasteiger partial charge on any atom is -0.480 e. The number of carboxylic acid groups (broad SMARTS) is 1. The number of carbonyl (C=O) groups is 1. The van der Waals surface area contributed by atoms with Crippen LogP contribution in [0.15, 0.2) is 0 Å². The van der Waals surface area contributed by atoms with Gasteiger partial charge in [-0.3, -0.25) is 0 Å². The fraction of sp³-hybridized carbons (Fsp3) is 0.833. The van der Waals surface area contributed by atoms with E-state index >= 15 is 0 Å². The highest BCUT2D eigenvalue weighted by Gasteiger charge is 2.34. The van der Waals surface area contributed by atoms with Gasteiger partial charge in [0.2, 0.25) is 0 Å². The molecule has 0 radical (unpaired) electrons. The van der Waals surface area contributed by atoms with Crippen LogP contribution in [0.2, 0.25) is 0 Å². The van der Waals surface area contributed by atoms with Crippen molar-refractivity contribution < 1.29 is 19.4 Å². The van der Waals surface area contributed by atoms with Crippen molar-refractivity contribution >= 4 is 5.97 Å². The summed E-state index contributed by atoms with van der Waals surface area (Å²) in [5.74, 6) is -0.937. The third-order valence-corrected chi connectivity index (χ3v) is 1.36. The van der Waals surface area contributed by atoms with E-state index in [0.29, 0.717) is 13.2 Å². The highest BCUT2D eigenvalue weighted by molar-refractivity contribution is 5.68. The van der Waals surface area contributed by atoms with E-state index in [0.717, 1.165) is 0 Å². The average Bonchev–Trinajstić information content (AvgIpc) is 1.79. The van der Waals surface area contributed by atoms with Gasteiger partial charge in [-0.1, -0.05) is 0 Å². The van der Waals surface area contributed by atoms with Crippen LogP contribution in [-0.4, -0.2) is 36.5 Å². The van der Waals surface area contributed by atoms with E-state index in [4.69, 9.17) is 14.6 Å². The van der Waals surface area contributed by atoms with Crippen molar-refractivity contribution in [2.45, 2.75) is 12.5 Å². The SMILES string of the molecule is CC1(OCC(=O)O)COC1. The highest BCUT2D eigenvalue weighted by atomic mass is 16.6. The monoisotopic (exact) mass is 146 g/mol. The molecule has 0 aromatic carbocycles. The van der Waals surface area contributed by atoms with E-state index < -0.39 is 5.97 Å². The van der Waals surface area contributed by atoms with Crippen molar-refractivity contribution in [1.29, 1.82) is 0 Å². The molecule has 10 heavy (non-hydrogen) atoms. The standard InChI is InChI=1S/C6H10O4/c1-6(3-9-4-6)10-2-5(7)8/h2-4H2,1H3,(H,7,8). The number of rotatable bonds is 3. The van der Waals surface area contributed by atoms with Crippen LogP contribution in [-0.2, 0) is 14.3 Å². The molecule has 1 aliphatic rings. The summed E-state index contributed by atoms with van der Waals surface area (Å²) in [7, 11) is 0. The maximum atomic E-state index is 10.0. The molecule has 0 atom stereocenters. The summed E-state index contributed by atoms with van der Waals surface area (Å²) < 4.78 is 9.85. The van der Waals surface area contributed by atoms with Gasteiger partial charge in [-0.25, -0.2) is 4.79 Å². The lowest BCUT2D eigenvalue weighted by Crippen LogP contribution is -2.49. The zero-order chi connectivity index (χ0) is 7.61. The summed E-state index contributed by atoms with van der Waals surface area (Å²) in [6, 6.07) is 0. The van der Waals surface area contributed by atoms with Crippen LogP contribution in [0.3, 0.4) is 0 Å². The molecule has 0 bridgehead atoms. The number of ether oxygens (including phenoxy) is 2. The first-order valence-electron chi connectivity index (χ1n) is 3.06. The van der Waals surface area contributed by atoms with Crippen molar-refractivity contribution in [2.75, 3.05) is 19.8 Å². The van der Waals surface area contributed by atoms with Crippen molar-refractivity contribution in [1.82, 2.24) is 0 Å². The summed E-state index contributed by atoms with van der Waals surface area (Å²) >= 11 is 0. The zero-order valence-corrected chi connectivity index (χ0v) is 5.79. The quantitative estimate of drug-likeness (QED) is 0.603. The number of carboxylic acids is 1. The summed E-state index contributed by atoms with van der Waals surface area (Å²) in [5.41, 5.74) is -0.349. The van der Waals surface area contributed by atoms with E-state index in [2.05, 4.69) is 0 Å². The summed E-state index contributed by atoms with van der Waals surface area (Å²) in [6.07, 6.45) is 0. The van der Waals surface area contributed by atoms with Crippen LogP contribution in [0, 0.1) is 0 Å². The summed E-state index contributed by atoms with van der Waals surface area (Å²) in [6.45, 7) is 2.60. The molecule has 0 amide bonds. The third kappa shape index (κ3) is 1.68. The highest BCUT2D eigenvalue weighted by Crippen LogP contribution is 2.19. The van der Waals surface area contributed by atoms with E-state index in [1.54, 1.807) is 0 Å². The molecule has 1 saturated heterocycles. The lowest BCUT2D eigenvalue weighted by molar-refractivity contribution is -0.204. The minimum absolute atomic E-state index is 0.236. The van der Waals surface area contributed by atoms with Crippen LogP contribution < -0.4 is 0 Å². The molecule has 1 aliphatic heterocycles. The second-order valence-corrected chi connectivity index (χ2v) is 2.63. The van der Waals surface area contributed by atoms with Gasteiger partial charge < -0.3 is 14.6 Å². The van der Waals surface area contributed by atoms with Crippen LogP contribution in [0.4, 0.5) is 0 Å². The Balaban J connectivity index is 2.18. The van der Waals surface area contributed by atoms with Gasteiger partial charge in [-0.05, 0) is 6.92 Å². The van der Waals surface area contributed by atoms with E-state index in [9.17, 15) is 4.79 Å². The molecule has 0 saturated carbocycles. The van der Waals surface area contributed by atoms with E-state index in [-0.39, 0.29) is 12.2 Å². The first kappa shape index (κ1) is 7.50. The Hall–Kier alpha value is -0.610. The molecule has 1 fully saturated rings. The Morgan fingerprint density at radius 3 is 2.70 bits per heavy atom.